The van der Waals surface area contributed by atoms with Crippen LogP contribution in [0.4, 0.5) is 11.4 Å². The average Bonchev–Trinajstić information content (AvgIpc) is 2.91. The maximum Gasteiger partial charge on any atom is 0.228 e. The first-order valence-corrected chi connectivity index (χ1v) is 8.41. The second-order valence-electron chi connectivity index (χ2n) is 6.56. The number of carbonyl (C=O) groups excluding carboxylic acids is 2. The van der Waals surface area contributed by atoms with Crippen molar-refractivity contribution in [3.8, 4) is 0 Å². The molecule has 0 spiro atoms. The highest BCUT2D eigenvalue weighted by atomic mass is 16.1. The summed E-state index contributed by atoms with van der Waals surface area (Å²) in [5.74, 6) is -0.0579. The van der Waals surface area contributed by atoms with E-state index in [0.717, 1.165) is 45.5 Å². The molecule has 2 aromatic carbocycles. The van der Waals surface area contributed by atoms with Gasteiger partial charge in [-0.2, -0.15) is 0 Å². The van der Waals surface area contributed by atoms with Crippen LogP contribution in [0.3, 0.4) is 0 Å². The molecule has 4 heteroatoms. The molecule has 0 atom stereocenters. The summed E-state index contributed by atoms with van der Waals surface area (Å²) in [6, 6.07) is 11.5. The topological polar surface area (TPSA) is 50.5 Å². The van der Waals surface area contributed by atoms with E-state index in [4.69, 9.17) is 6.57 Å². The lowest BCUT2D eigenvalue weighted by molar-refractivity contribution is -0.115. The molecule has 4 rings (SSSR count). The van der Waals surface area contributed by atoms with Gasteiger partial charge in [0.05, 0.1) is 13.0 Å². The Hall–Kier alpha value is -3.45. The normalized spacial score (nSPS) is 15.0. The molecule has 0 radical (unpaired) electrons. The molecular weight excluding hydrogens is 324 g/mol. The summed E-state index contributed by atoms with van der Waals surface area (Å²) in [4.78, 5) is 27.1. The second-order valence-corrected chi connectivity index (χ2v) is 6.56. The molecule has 2 aromatic rings. The Labute approximate surface area is 151 Å². The van der Waals surface area contributed by atoms with Gasteiger partial charge in [-0.3, -0.25) is 9.59 Å². The van der Waals surface area contributed by atoms with Crippen molar-refractivity contribution >= 4 is 40.3 Å². The van der Waals surface area contributed by atoms with Gasteiger partial charge >= 0.3 is 0 Å². The van der Waals surface area contributed by atoms with Crippen LogP contribution in [0.25, 0.3) is 22.1 Å². The molecule has 1 N–H and O–H groups in total. The number of anilines is 1. The van der Waals surface area contributed by atoms with Gasteiger partial charge in [0.25, 0.3) is 0 Å². The molecule has 26 heavy (non-hydrogen) atoms. The summed E-state index contributed by atoms with van der Waals surface area (Å²) in [5, 5.41) is 2.97. The van der Waals surface area contributed by atoms with Gasteiger partial charge in [0, 0.05) is 11.3 Å². The highest BCUT2D eigenvalue weighted by molar-refractivity contribution is 6.12. The zero-order chi connectivity index (χ0) is 18.3. The third-order valence-electron chi connectivity index (χ3n) is 4.77. The van der Waals surface area contributed by atoms with Crippen LogP contribution in [0, 0.1) is 6.57 Å². The predicted molar refractivity (Wildman–Crippen MR) is 103 cm³/mol. The summed E-state index contributed by atoms with van der Waals surface area (Å²) < 4.78 is 0. The Morgan fingerprint density at radius 1 is 1.12 bits per heavy atom. The molecule has 1 heterocycles. The van der Waals surface area contributed by atoms with E-state index in [0.29, 0.717) is 12.1 Å². The number of hydrogen-bond acceptors (Lipinski definition) is 2. The van der Waals surface area contributed by atoms with E-state index in [1.807, 2.05) is 36.4 Å². The quantitative estimate of drug-likeness (QED) is 0.639. The van der Waals surface area contributed by atoms with Crippen molar-refractivity contribution in [2.75, 3.05) is 5.32 Å². The van der Waals surface area contributed by atoms with Crippen molar-refractivity contribution in [1.82, 2.24) is 0 Å². The van der Waals surface area contributed by atoms with Gasteiger partial charge in [-0.05, 0) is 65.5 Å². The Bertz CT molecular complexity index is 1070. The second kappa shape index (κ2) is 6.12. The number of amides is 1. The van der Waals surface area contributed by atoms with Crippen molar-refractivity contribution in [3.05, 3.63) is 76.1 Å². The van der Waals surface area contributed by atoms with E-state index in [2.05, 4.69) is 10.2 Å². The highest BCUT2D eigenvalue weighted by Crippen LogP contribution is 2.45. The number of benzene rings is 2. The number of nitrogens with zero attached hydrogens (tertiary/aromatic N) is 1. The smallest absolute Gasteiger partial charge is 0.228 e. The van der Waals surface area contributed by atoms with E-state index in [1.54, 1.807) is 6.08 Å². The van der Waals surface area contributed by atoms with E-state index in [9.17, 15) is 9.59 Å². The molecule has 1 aliphatic carbocycles. The number of hydrogen-bond donors (Lipinski definition) is 1. The first-order valence-electron chi connectivity index (χ1n) is 8.41. The fourth-order valence-electron chi connectivity index (χ4n) is 3.58. The summed E-state index contributed by atoms with van der Waals surface area (Å²) in [6.07, 6.45) is 4.37. The minimum absolute atomic E-state index is 0.00639. The molecule has 0 fully saturated rings. The van der Waals surface area contributed by atoms with Crippen LogP contribution in [0.2, 0.25) is 0 Å². The fourth-order valence-corrected chi connectivity index (χ4v) is 3.58. The molecule has 0 bridgehead atoms. The van der Waals surface area contributed by atoms with Crippen molar-refractivity contribution < 1.29 is 9.59 Å². The minimum Gasteiger partial charge on any atom is -0.325 e. The van der Waals surface area contributed by atoms with Gasteiger partial charge in [0.15, 0.2) is 11.5 Å². The number of carbonyl (C=O) groups is 2. The van der Waals surface area contributed by atoms with Crippen LogP contribution in [0.15, 0.2) is 42.5 Å². The van der Waals surface area contributed by atoms with E-state index < -0.39 is 0 Å². The van der Waals surface area contributed by atoms with Crippen molar-refractivity contribution in [2.45, 2.75) is 19.8 Å². The molecule has 0 saturated heterocycles. The minimum atomic E-state index is -0.0515. The number of ketones is 1. The standard InChI is InChI=1S/C22H16N2O2/c1-13(25)3-4-14-5-8-21-20(9-14)18-10-15-6-7-16(23-2)11-17(15)19(18)12-22(26)24-21/h3-9,11H,10,12H2,1H3,(H,24,26)/b4-3+. The van der Waals surface area contributed by atoms with Crippen LogP contribution in [0.1, 0.15) is 35.6 Å². The maximum absolute atomic E-state index is 12.4. The first-order chi connectivity index (χ1) is 12.5. The molecule has 0 unspecified atom stereocenters. The lowest BCUT2D eigenvalue weighted by atomic mass is 9.96. The maximum atomic E-state index is 12.4. The molecule has 4 nitrogen and oxygen atoms in total. The number of fused-ring (bicyclic) bond motifs is 4. The fraction of sp³-hybridized carbons (Fsp3) is 0.136. The third kappa shape index (κ3) is 2.74. The van der Waals surface area contributed by atoms with Crippen LogP contribution >= 0.6 is 0 Å². The zero-order valence-corrected chi connectivity index (χ0v) is 14.3. The van der Waals surface area contributed by atoms with Gasteiger partial charge in [-0.15, -0.1) is 0 Å². The lowest BCUT2D eigenvalue weighted by Gasteiger charge is -2.11. The zero-order valence-electron chi connectivity index (χ0n) is 14.3. The Balaban J connectivity index is 1.87. The summed E-state index contributed by atoms with van der Waals surface area (Å²) >= 11 is 0. The van der Waals surface area contributed by atoms with Crippen LogP contribution in [-0.4, -0.2) is 11.7 Å². The lowest BCUT2D eigenvalue weighted by Crippen LogP contribution is -2.11. The van der Waals surface area contributed by atoms with Gasteiger partial charge in [-0.25, -0.2) is 4.85 Å². The van der Waals surface area contributed by atoms with E-state index in [1.165, 1.54) is 13.0 Å². The van der Waals surface area contributed by atoms with Gasteiger partial charge < -0.3 is 5.32 Å². The number of rotatable bonds is 2. The number of allylic oxidation sites excluding steroid dienone is 2. The Morgan fingerprint density at radius 2 is 1.92 bits per heavy atom. The van der Waals surface area contributed by atoms with Crippen LogP contribution in [-0.2, 0) is 16.0 Å². The third-order valence-corrected chi connectivity index (χ3v) is 4.77. The average molecular weight is 340 g/mol. The molecule has 0 aromatic heterocycles. The summed E-state index contributed by atoms with van der Waals surface area (Å²) in [6.45, 7) is 8.76. The van der Waals surface area contributed by atoms with Crippen molar-refractivity contribution in [3.63, 3.8) is 0 Å². The van der Waals surface area contributed by atoms with Gasteiger partial charge in [0.1, 0.15) is 0 Å². The Morgan fingerprint density at radius 3 is 2.69 bits per heavy atom. The van der Waals surface area contributed by atoms with Crippen molar-refractivity contribution in [1.29, 1.82) is 0 Å². The van der Waals surface area contributed by atoms with Crippen LogP contribution in [0.5, 0.6) is 0 Å². The van der Waals surface area contributed by atoms with Gasteiger partial charge in [0.2, 0.25) is 5.91 Å². The van der Waals surface area contributed by atoms with Crippen LogP contribution < -0.4 is 5.32 Å². The summed E-state index contributed by atoms with van der Waals surface area (Å²) in [7, 11) is 0. The monoisotopic (exact) mass is 340 g/mol. The SMILES string of the molecule is [C-]#[N+]c1ccc2c(c1)C1=C(C2)c2cc(/C=C/C(C)=O)ccc2NC(=O)C1. The molecular formula is C22H16N2O2. The first kappa shape index (κ1) is 16.0. The van der Waals surface area contributed by atoms with Gasteiger partial charge in [-0.1, -0.05) is 24.3 Å². The summed E-state index contributed by atoms with van der Waals surface area (Å²) in [5.41, 5.74) is 7.53. The largest absolute Gasteiger partial charge is 0.325 e. The molecule has 1 aliphatic heterocycles. The number of nitrogens with one attached hydrogen (secondary N) is 1. The molecule has 0 saturated carbocycles. The molecule has 1 amide bonds. The Kier molecular flexibility index (Phi) is 3.78. The highest BCUT2D eigenvalue weighted by Gasteiger charge is 2.28. The van der Waals surface area contributed by atoms with Crippen molar-refractivity contribution in [2.24, 2.45) is 0 Å². The van der Waals surface area contributed by atoms with E-state index in [-0.39, 0.29) is 11.7 Å². The molecule has 2 aliphatic rings. The predicted octanol–water partition coefficient (Wildman–Crippen LogP) is 4.65. The molecule has 126 valence electrons. The van der Waals surface area contributed by atoms with E-state index >= 15 is 0 Å².